The van der Waals surface area contributed by atoms with Crippen molar-refractivity contribution in [3.8, 4) is 0 Å². The van der Waals surface area contributed by atoms with Gasteiger partial charge >= 0.3 is 0 Å². The summed E-state index contributed by atoms with van der Waals surface area (Å²) in [6.07, 6.45) is 1.42. The number of aliphatic hydroxyl groups excluding tert-OH is 1. The number of benzene rings is 1. The molecule has 3 nitrogen and oxygen atoms in total. The highest BCUT2D eigenvalue weighted by Gasteiger charge is 2.28. The second-order valence-corrected chi connectivity index (χ2v) is 3.47. The number of hydrogen-bond donors (Lipinski definition) is 1. The van der Waals surface area contributed by atoms with E-state index in [1.54, 1.807) is 6.08 Å². The molecule has 1 aliphatic carbocycles. The molecular formula is C12H12O3. The molecule has 2 atom stereocenters. The molecule has 78 valence electrons. The van der Waals surface area contributed by atoms with Crippen LogP contribution in [-0.4, -0.2) is 23.1 Å². The number of hydrogen-bond acceptors (Lipinski definition) is 3. The van der Waals surface area contributed by atoms with Crippen LogP contribution in [0.5, 0.6) is 0 Å². The van der Waals surface area contributed by atoms with Crippen LogP contribution in [0.4, 0.5) is 0 Å². The van der Waals surface area contributed by atoms with E-state index in [1.165, 1.54) is 6.08 Å². The summed E-state index contributed by atoms with van der Waals surface area (Å²) in [7, 11) is 0. The second-order valence-electron chi connectivity index (χ2n) is 3.47. The van der Waals surface area contributed by atoms with Crippen LogP contribution in [0.3, 0.4) is 0 Å². The van der Waals surface area contributed by atoms with Gasteiger partial charge in [-0.1, -0.05) is 30.3 Å². The quantitative estimate of drug-likeness (QED) is 0.801. The van der Waals surface area contributed by atoms with Gasteiger partial charge in [-0.3, -0.25) is 4.79 Å². The number of carbonyl (C=O) groups excluding carboxylic acids is 1. The third-order valence-corrected chi connectivity index (χ3v) is 2.34. The lowest BCUT2D eigenvalue weighted by Crippen LogP contribution is -2.28. The second kappa shape index (κ2) is 4.38. The summed E-state index contributed by atoms with van der Waals surface area (Å²) in [5.41, 5.74) is 1.03. The lowest BCUT2D eigenvalue weighted by Gasteiger charge is -2.13. The molecule has 0 aliphatic heterocycles. The molecular weight excluding hydrogens is 192 g/mol. The van der Waals surface area contributed by atoms with Crippen LogP contribution in [0, 0.1) is 0 Å². The summed E-state index contributed by atoms with van der Waals surface area (Å²) in [6, 6.07) is 9.65. The Balaban J connectivity index is 1.90. The van der Waals surface area contributed by atoms with E-state index in [9.17, 15) is 9.90 Å². The van der Waals surface area contributed by atoms with Gasteiger partial charge in [0.2, 0.25) is 0 Å². The van der Waals surface area contributed by atoms with Crippen LogP contribution < -0.4 is 0 Å². The van der Waals surface area contributed by atoms with Gasteiger partial charge in [0, 0.05) is 0 Å². The topological polar surface area (TPSA) is 46.5 Å². The maximum atomic E-state index is 11.0. The van der Waals surface area contributed by atoms with E-state index < -0.39 is 12.2 Å². The summed E-state index contributed by atoms with van der Waals surface area (Å²) in [5.74, 6) is -0.284. The van der Waals surface area contributed by atoms with Crippen LogP contribution in [0.15, 0.2) is 42.5 Å². The Bertz CT molecular complexity index is 370. The predicted molar refractivity (Wildman–Crippen MR) is 55.2 cm³/mol. The van der Waals surface area contributed by atoms with Crippen molar-refractivity contribution in [3.05, 3.63) is 48.0 Å². The Morgan fingerprint density at radius 3 is 2.60 bits per heavy atom. The van der Waals surface area contributed by atoms with Crippen molar-refractivity contribution >= 4 is 5.78 Å². The highest BCUT2D eigenvalue weighted by atomic mass is 16.5. The number of rotatable bonds is 3. The average molecular weight is 204 g/mol. The molecule has 1 aromatic carbocycles. The Kier molecular flexibility index (Phi) is 2.94. The molecule has 0 amide bonds. The lowest BCUT2D eigenvalue weighted by atomic mass is 10.2. The largest absolute Gasteiger partial charge is 0.382 e. The zero-order valence-electron chi connectivity index (χ0n) is 8.17. The Hall–Kier alpha value is -1.45. The molecule has 0 unspecified atom stereocenters. The van der Waals surface area contributed by atoms with Crippen LogP contribution in [-0.2, 0) is 16.1 Å². The van der Waals surface area contributed by atoms with Gasteiger partial charge in [0.1, 0.15) is 12.2 Å². The van der Waals surface area contributed by atoms with Crippen molar-refractivity contribution < 1.29 is 14.6 Å². The number of ether oxygens (including phenoxy) is 1. The maximum absolute atomic E-state index is 11.0. The number of carbonyl (C=O) groups is 1. The van der Waals surface area contributed by atoms with E-state index in [4.69, 9.17) is 4.74 Å². The molecule has 0 saturated carbocycles. The van der Waals surface area contributed by atoms with Gasteiger partial charge in [-0.15, -0.1) is 0 Å². The first-order valence-corrected chi connectivity index (χ1v) is 4.83. The molecule has 0 saturated heterocycles. The van der Waals surface area contributed by atoms with Crippen molar-refractivity contribution in [2.75, 3.05) is 0 Å². The van der Waals surface area contributed by atoms with E-state index in [1.807, 2.05) is 30.3 Å². The number of aliphatic hydroxyl groups is 1. The number of ketones is 1. The minimum Gasteiger partial charge on any atom is -0.382 e. The monoisotopic (exact) mass is 204 g/mol. The minimum atomic E-state index is -1.03. The zero-order chi connectivity index (χ0) is 10.7. The molecule has 3 heteroatoms. The third kappa shape index (κ3) is 2.32. The molecule has 15 heavy (non-hydrogen) atoms. The molecule has 1 N–H and O–H groups in total. The summed E-state index contributed by atoms with van der Waals surface area (Å²) in [6.45, 7) is 0.403. The summed E-state index contributed by atoms with van der Waals surface area (Å²) in [5, 5.41) is 9.40. The summed E-state index contributed by atoms with van der Waals surface area (Å²) < 4.78 is 5.41. The van der Waals surface area contributed by atoms with E-state index in [0.717, 1.165) is 5.56 Å². The summed E-state index contributed by atoms with van der Waals surface area (Å²) in [4.78, 5) is 11.0. The lowest BCUT2D eigenvalue weighted by molar-refractivity contribution is -0.126. The van der Waals surface area contributed by atoms with Crippen molar-refractivity contribution in [1.82, 2.24) is 0 Å². The van der Waals surface area contributed by atoms with Gasteiger partial charge in [0.15, 0.2) is 5.78 Å². The smallest absolute Gasteiger partial charge is 0.186 e. The molecule has 1 aromatic rings. The van der Waals surface area contributed by atoms with Crippen molar-refractivity contribution in [2.45, 2.75) is 18.8 Å². The molecule has 0 bridgehead atoms. The van der Waals surface area contributed by atoms with Gasteiger partial charge in [0.25, 0.3) is 0 Å². The predicted octanol–water partition coefficient (Wildman–Crippen LogP) is 1.07. The van der Waals surface area contributed by atoms with Gasteiger partial charge in [0.05, 0.1) is 6.61 Å². The molecule has 0 radical (unpaired) electrons. The highest BCUT2D eigenvalue weighted by molar-refractivity contribution is 5.96. The van der Waals surface area contributed by atoms with Gasteiger partial charge in [-0.25, -0.2) is 0 Å². The van der Waals surface area contributed by atoms with Gasteiger partial charge in [-0.05, 0) is 17.7 Å². The fraction of sp³-hybridized carbons (Fsp3) is 0.250. The average Bonchev–Trinajstić information content (AvgIpc) is 2.59. The molecule has 0 aromatic heterocycles. The van der Waals surface area contributed by atoms with E-state index in [0.29, 0.717) is 6.61 Å². The standard InChI is InChI=1S/C12H12O3/c13-10-6-7-11(12(10)14)15-8-9-4-2-1-3-5-9/h1-7,11-12,14H,8H2/t11-,12-/m0/s1. The molecule has 0 spiro atoms. The third-order valence-electron chi connectivity index (χ3n) is 2.34. The fourth-order valence-electron chi connectivity index (χ4n) is 1.47. The SMILES string of the molecule is O=C1C=C[C@H](OCc2ccccc2)[C@H]1O. The van der Waals surface area contributed by atoms with Crippen LogP contribution in [0.2, 0.25) is 0 Å². The highest BCUT2D eigenvalue weighted by Crippen LogP contribution is 2.13. The first-order chi connectivity index (χ1) is 7.27. The molecule has 1 aliphatic rings. The van der Waals surface area contributed by atoms with Crippen LogP contribution in [0.25, 0.3) is 0 Å². The maximum Gasteiger partial charge on any atom is 0.186 e. The van der Waals surface area contributed by atoms with Crippen molar-refractivity contribution in [3.63, 3.8) is 0 Å². The minimum absolute atomic E-state index is 0.284. The van der Waals surface area contributed by atoms with Crippen LogP contribution >= 0.6 is 0 Å². The summed E-state index contributed by atoms with van der Waals surface area (Å²) >= 11 is 0. The Morgan fingerprint density at radius 2 is 2.00 bits per heavy atom. The Labute approximate surface area is 88.0 Å². The molecule has 0 heterocycles. The van der Waals surface area contributed by atoms with Gasteiger partial charge in [-0.2, -0.15) is 0 Å². The van der Waals surface area contributed by atoms with Gasteiger partial charge < -0.3 is 9.84 Å². The fourth-order valence-corrected chi connectivity index (χ4v) is 1.47. The van der Waals surface area contributed by atoms with Crippen molar-refractivity contribution in [2.24, 2.45) is 0 Å². The zero-order valence-corrected chi connectivity index (χ0v) is 8.17. The first-order valence-electron chi connectivity index (χ1n) is 4.83. The van der Waals surface area contributed by atoms with E-state index in [-0.39, 0.29) is 5.78 Å². The van der Waals surface area contributed by atoms with E-state index in [2.05, 4.69) is 0 Å². The normalized spacial score (nSPS) is 24.7. The van der Waals surface area contributed by atoms with E-state index >= 15 is 0 Å². The first kappa shape index (κ1) is 10.1. The molecule has 0 fully saturated rings. The Morgan fingerprint density at radius 1 is 1.27 bits per heavy atom. The van der Waals surface area contributed by atoms with Crippen LogP contribution in [0.1, 0.15) is 5.56 Å². The van der Waals surface area contributed by atoms with Crippen molar-refractivity contribution in [1.29, 1.82) is 0 Å². The molecule has 2 rings (SSSR count).